The molecule has 1 atom stereocenters. The first-order valence-electron chi connectivity index (χ1n) is 4.21. The van der Waals surface area contributed by atoms with Crippen LogP contribution in [0.5, 0.6) is 0 Å². The van der Waals surface area contributed by atoms with Crippen LogP contribution in [0.2, 0.25) is 5.02 Å². The minimum Gasteiger partial charge on any atom is -0.258 e. The summed E-state index contributed by atoms with van der Waals surface area (Å²) in [6, 6.07) is 4.64. The molecule has 0 saturated heterocycles. The second kappa shape index (κ2) is 5.58. The highest BCUT2D eigenvalue weighted by atomic mass is 35.5. The van der Waals surface area contributed by atoms with Crippen LogP contribution >= 0.6 is 35.0 Å². The van der Waals surface area contributed by atoms with E-state index in [1.54, 1.807) is 12.1 Å². The van der Waals surface area contributed by atoms with E-state index in [0.717, 1.165) is 0 Å². The molecule has 0 radical (unpaired) electrons. The van der Waals surface area contributed by atoms with E-state index in [9.17, 15) is 10.1 Å². The second-order valence-electron chi connectivity index (χ2n) is 2.93. The molecular weight excluding hydrogens is 257 g/mol. The molecule has 0 spiro atoms. The van der Waals surface area contributed by atoms with Crippen molar-refractivity contribution in [2.24, 2.45) is 0 Å². The Hall–Kier alpha value is -0.450. The highest BCUT2D eigenvalue weighted by molar-refractivity contribution is 8.00. The fourth-order valence-electron chi connectivity index (χ4n) is 0.991. The Morgan fingerprint density at radius 3 is 2.80 bits per heavy atom. The zero-order valence-electron chi connectivity index (χ0n) is 7.94. The first-order valence-corrected chi connectivity index (χ1v) is 6.01. The normalized spacial score (nSPS) is 12.5. The number of thioether (sulfide) groups is 1. The Labute approximate surface area is 102 Å². The number of nitro groups is 1. The number of halogens is 2. The Kier molecular flexibility index (Phi) is 4.70. The third kappa shape index (κ3) is 3.26. The maximum atomic E-state index is 10.7. The molecular formula is C9H9Cl2NO2S. The van der Waals surface area contributed by atoms with Crippen LogP contribution in [0.25, 0.3) is 0 Å². The van der Waals surface area contributed by atoms with Gasteiger partial charge in [0.05, 0.1) is 9.95 Å². The van der Waals surface area contributed by atoms with Gasteiger partial charge in [-0.25, -0.2) is 0 Å². The molecule has 0 aliphatic heterocycles. The maximum Gasteiger partial charge on any atom is 0.284 e. The van der Waals surface area contributed by atoms with Gasteiger partial charge >= 0.3 is 0 Å². The molecule has 0 heterocycles. The highest BCUT2D eigenvalue weighted by Gasteiger charge is 2.18. The number of alkyl halides is 1. The number of hydrogen-bond acceptors (Lipinski definition) is 3. The van der Waals surface area contributed by atoms with Crippen LogP contribution in [0.4, 0.5) is 5.69 Å². The quantitative estimate of drug-likeness (QED) is 0.358. The SMILES string of the molecule is CC(CCl)Sc1c(Cl)cccc1[N+](=O)[O-]. The predicted molar refractivity (Wildman–Crippen MR) is 64.1 cm³/mol. The standard InChI is InChI=1S/C9H9Cl2NO2S/c1-6(5-10)15-9-7(11)3-2-4-8(9)12(13)14/h2-4,6H,5H2,1H3. The van der Waals surface area contributed by atoms with E-state index in [4.69, 9.17) is 23.2 Å². The van der Waals surface area contributed by atoms with Crippen molar-refractivity contribution in [1.82, 2.24) is 0 Å². The van der Waals surface area contributed by atoms with E-state index in [-0.39, 0.29) is 10.9 Å². The van der Waals surface area contributed by atoms with Gasteiger partial charge in [-0.05, 0) is 6.07 Å². The van der Waals surface area contributed by atoms with Crippen LogP contribution in [-0.2, 0) is 0 Å². The third-order valence-corrected chi connectivity index (χ3v) is 3.99. The first-order chi connectivity index (χ1) is 7.06. The van der Waals surface area contributed by atoms with Crippen molar-refractivity contribution in [3.63, 3.8) is 0 Å². The van der Waals surface area contributed by atoms with Gasteiger partial charge < -0.3 is 0 Å². The van der Waals surface area contributed by atoms with E-state index in [0.29, 0.717) is 15.8 Å². The van der Waals surface area contributed by atoms with Crippen molar-refractivity contribution >= 4 is 40.7 Å². The lowest BCUT2D eigenvalue weighted by atomic mass is 10.3. The Morgan fingerprint density at radius 1 is 1.60 bits per heavy atom. The minimum atomic E-state index is -0.435. The summed E-state index contributed by atoms with van der Waals surface area (Å²) in [5.74, 6) is 0.424. The van der Waals surface area contributed by atoms with E-state index in [2.05, 4.69) is 0 Å². The molecule has 0 fully saturated rings. The fraction of sp³-hybridized carbons (Fsp3) is 0.333. The number of hydrogen-bond donors (Lipinski definition) is 0. The van der Waals surface area contributed by atoms with Crippen molar-refractivity contribution < 1.29 is 4.92 Å². The van der Waals surface area contributed by atoms with E-state index >= 15 is 0 Å². The summed E-state index contributed by atoms with van der Waals surface area (Å²) in [4.78, 5) is 10.8. The molecule has 0 saturated carbocycles. The number of nitro benzene ring substituents is 1. The van der Waals surface area contributed by atoms with Gasteiger partial charge in [-0.1, -0.05) is 24.6 Å². The van der Waals surface area contributed by atoms with Gasteiger partial charge in [-0.15, -0.1) is 23.4 Å². The Bertz CT molecular complexity index is 373. The Balaban J connectivity index is 3.07. The topological polar surface area (TPSA) is 43.1 Å². The van der Waals surface area contributed by atoms with E-state index < -0.39 is 4.92 Å². The molecule has 0 aliphatic carbocycles. The average molecular weight is 266 g/mol. The van der Waals surface area contributed by atoms with Crippen molar-refractivity contribution in [3.05, 3.63) is 33.3 Å². The van der Waals surface area contributed by atoms with Crippen molar-refractivity contribution in [2.75, 3.05) is 5.88 Å². The lowest BCUT2D eigenvalue weighted by molar-refractivity contribution is -0.387. The summed E-state index contributed by atoms with van der Waals surface area (Å²) in [5, 5.41) is 11.2. The smallest absolute Gasteiger partial charge is 0.258 e. The first kappa shape index (κ1) is 12.6. The molecule has 1 aromatic rings. The van der Waals surface area contributed by atoms with Crippen LogP contribution < -0.4 is 0 Å². The summed E-state index contributed by atoms with van der Waals surface area (Å²) < 4.78 is 0. The number of benzene rings is 1. The largest absolute Gasteiger partial charge is 0.284 e. The molecule has 1 unspecified atom stereocenters. The molecule has 6 heteroatoms. The van der Waals surface area contributed by atoms with Crippen LogP contribution in [0.1, 0.15) is 6.92 Å². The lowest BCUT2D eigenvalue weighted by Gasteiger charge is -2.08. The summed E-state index contributed by atoms with van der Waals surface area (Å²) in [6.07, 6.45) is 0. The average Bonchev–Trinajstić information content (AvgIpc) is 2.20. The fourth-order valence-corrected chi connectivity index (χ4v) is 2.39. The number of nitrogens with zero attached hydrogens (tertiary/aromatic N) is 1. The summed E-state index contributed by atoms with van der Waals surface area (Å²) >= 11 is 12.9. The van der Waals surface area contributed by atoms with Crippen LogP contribution in [0, 0.1) is 10.1 Å². The Morgan fingerprint density at radius 2 is 2.27 bits per heavy atom. The molecule has 0 aliphatic rings. The molecule has 82 valence electrons. The highest BCUT2D eigenvalue weighted by Crippen LogP contribution is 2.37. The molecule has 1 rings (SSSR count). The summed E-state index contributed by atoms with van der Waals surface area (Å²) in [6.45, 7) is 1.89. The minimum absolute atomic E-state index is 0.0319. The summed E-state index contributed by atoms with van der Waals surface area (Å²) in [7, 11) is 0. The summed E-state index contributed by atoms with van der Waals surface area (Å²) in [5.41, 5.74) is 0.0319. The molecule has 0 N–H and O–H groups in total. The van der Waals surface area contributed by atoms with Crippen molar-refractivity contribution in [3.8, 4) is 0 Å². The van der Waals surface area contributed by atoms with Gasteiger partial charge in [0.25, 0.3) is 5.69 Å². The predicted octanol–water partition coefficient (Wildman–Crippen LogP) is 3.97. The van der Waals surface area contributed by atoms with Crippen molar-refractivity contribution in [2.45, 2.75) is 17.1 Å². The molecule has 3 nitrogen and oxygen atoms in total. The molecule has 15 heavy (non-hydrogen) atoms. The van der Waals surface area contributed by atoms with Gasteiger partial charge in [0.2, 0.25) is 0 Å². The number of rotatable bonds is 4. The second-order valence-corrected chi connectivity index (χ2v) is 5.09. The van der Waals surface area contributed by atoms with Crippen LogP contribution in [-0.4, -0.2) is 16.1 Å². The lowest BCUT2D eigenvalue weighted by Crippen LogP contribution is -1.99. The third-order valence-electron chi connectivity index (χ3n) is 1.68. The molecule has 0 bridgehead atoms. The van der Waals surface area contributed by atoms with Gasteiger partial charge in [0, 0.05) is 17.2 Å². The molecule has 1 aromatic carbocycles. The zero-order chi connectivity index (χ0) is 11.4. The zero-order valence-corrected chi connectivity index (χ0v) is 10.3. The molecule has 0 aromatic heterocycles. The monoisotopic (exact) mass is 265 g/mol. The van der Waals surface area contributed by atoms with Gasteiger partial charge in [0.1, 0.15) is 4.90 Å². The van der Waals surface area contributed by atoms with Gasteiger partial charge in [-0.2, -0.15) is 0 Å². The van der Waals surface area contributed by atoms with Crippen LogP contribution in [0.15, 0.2) is 23.1 Å². The van der Waals surface area contributed by atoms with Crippen LogP contribution in [0.3, 0.4) is 0 Å². The van der Waals surface area contributed by atoms with E-state index in [1.807, 2.05) is 6.92 Å². The van der Waals surface area contributed by atoms with Gasteiger partial charge in [0.15, 0.2) is 0 Å². The van der Waals surface area contributed by atoms with Gasteiger partial charge in [-0.3, -0.25) is 10.1 Å². The molecule has 0 amide bonds. The van der Waals surface area contributed by atoms with E-state index in [1.165, 1.54) is 17.8 Å². The van der Waals surface area contributed by atoms with Crippen molar-refractivity contribution in [1.29, 1.82) is 0 Å². The maximum absolute atomic E-state index is 10.7.